The van der Waals surface area contributed by atoms with Crippen LogP contribution in [0.3, 0.4) is 0 Å². The number of nitrogens with two attached hydrogens (primary N) is 1. The number of hydrogen-bond donors (Lipinski definition) is 4. The van der Waals surface area contributed by atoms with Gasteiger partial charge in [-0.3, -0.25) is 4.79 Å². The maximum Gasteiger partial charge on any atom is 0.407 e. The molecule has 8 heteroatoms. The highest BCUT2D eigenvalue weighted by Gasteiger charge is 2.29. The smallest absolute Gasteiger partial charge is 0.407 e. The Bertz CT molecular complexity index is 902. The molecule has 1 aliphatic rings. The van der Waals surface area contributed by atoms with E-state index in [1.54, 1.807) is 14.0 Å². The summed E-state index contributed by atoms with van der Waals surface area (Å²) >= 11 is 0. The molecule has 0 bridgehead atoms. The van der Waals surface area contributed by atoms with Crippen molar-refractivity contribution in [2.75, 3.05) is 20.7 Å². The molecule has 0 saturated heterocycles. The van der Waals surface area contributed by atoms with E-state index in [0.717, 1.165) is 28.7 Å². The summed E-state index contributed by atoms with van der Waals surface area (Å²) in [7, 11) is 3.16. The largest absolute Gasteiger partial charge is 0.480 e. The van der Waals surface area contributed by atoms with Crippen LogP contribution in [0.25, 0.3) is 11.1 Å². The van der Waals surface area contributed by atoms with Gasteiger partial charge < -0.3 is 26.2 Å². The van der Waals surface area contributed by atoms with E-state index in [2.05, 4.69) is 28.5 Å². The Morgan fingerprint density at radius 2 is 1.47 bits per heavy atom. The van der Waals surface area contributed by atoms with Crippen molar-refractivity contribution < 1.29 is 24.2 Å². The Morgan fingerprint density at radius 1 is 0.971 bits per heavy atom. The third kappa shape index (κ3) is 7.59. The van der Waals surface area contributed by atoms with Crippen LogP contribution < -0.4 is 16.4 Å². The third-order valence-corrected chi connectivity index (χ3v) is 5.65. The summed E-state index contributed by atoms with van der Waals surface area (Å²) in [6.07, 6.45) is 0.519. The van der Waals surface area contributed by atoms with Crippen LogP contribution in [-0.4, -0.2) is 49.8 Å². The van der Waals surface area contributed by atoms with Crippen LogP contribution in [0.2, 0.25) is 0 Å². The molecule has 186 valence electrons. The second kappa shape index (κ2) is 14.7. The number of amides is 2. The van der Waals surface area contributed by atoms with Gasteiger partial charge in [0.1, 0.15) is 12.6 Å². The number of carbonyl (C=O) groups is 3. The van der Waals surface area contributed by atoms with Gasteiger partial charge in [-0.05, 0) is 42.1 Å². The minimum atomic E-state index is -1.06. The Labute approximate surface area is 201 Å². The van der Waals surface area contributed by atoms with E-state index in [0.29, 0.717) is 6.42 Å². The van der Waals surface area contributed by atoms with E-state index >= 15 is 0 Å². The first-order valence-corrected chi connectivity index (χ1v) is 11.5. The van der Waals surface area contributed by atoms with E-state index in [9.17, 15) is 14.4 Å². The number of carboxylic acids is 1. The zero-order valence-electron chi connectivity index (χ0n) is 20.6. The molecule has 0 aliphatic heterocycles. The standard InChI is InChI=1S/C19H19NO4.C6H13NO.CH5N/c1-2-17(18(21)22)20-19(23)24-11-16-14-9-5-3-7-12(14)13-8-4-6-10-15(13)16;1-4-5(2)6(8)7-3;1-2/h3-10,16-17H,2,11H2,1H3,(H,20,23)(H,21,22);5H,4H2,1-3H3,(H,7,8);2H2,1H3. The molecular weight excluding hydrogens is 434 g/mol. The number of carboxylic acid groups (broad SMARTS) is 1. The molecule has 0 saturated carbocycles. The lowest BCUT2D eigenvalue weighted by Gasteiger charge is -2.16. The Morgan fingerprint density at radius 3 is 1.85 bits per heavy atom. The Hall–Kier alpha value is -3.39. The molecule has 3 rings (SSSR count). The topological polar surface area (TPSA) is 131 Å². The number of ether oxygens (including phenoxy) is 1. The number of hydrogen-bond acceptors (Lipinski definition) is 5. The fourth-order valence-corrected chi connectivity index (χ4v) is 3.55. The van der Waals surface area contributed by atoms with Crippen LogP contribution in [0.5, 0.6) is 0 Å². The third-order valence-electron chi connectivity index (χ3n) is 5.65. The number of carbonyl (C=O) groups excluding carboxylic acids is 2. The molecule has 0 radical (unpaired) electrons. The van der Waals surface area contributed by atoms with Crippen molar-refractivity contribution in [1.29, 1.82) is 0 Å². The van der Waals surface area contributed by atoms with Crippen LogP contribution in [0, 0.1) is 5.92 Å². The minimum absolute atomic E-state index is 0.0342. The van der Waals surface area contributed by atoms with Gasteiger partial charge in [-0.2, -0.15) is 0 Å². The Balaban J connectivity index is 0.000000493. The van der Waals surface area contributed by atoms with Crippen molar-refractivity contribution in [3.63, 3.8) is 0 Å². The van der Waals surface area contributed by atoms with Crippen LogP contribution >= 0.6 is 0 Å². The summed E-state index contributed by atoms with van der Waals surface area (Å²) in [5.41, 5.74) is 9.05. The minimum Gasteiger partial charge on any atom is -0.480 e. The molecule has 5 N–H and O–H groups in total. The Kier molecular flexibility index (Phi) is 12.4. The number of fused-ring (bicyclic) bond motifs is 3. The lowest BCUT2D eigenvalue weighted by atomic mass is 9.98. The average molecular weight is 472 g/mol. The van der Waals surface area contributed by atoms with E-state index in [1.807, 2.05) is 50.2 Å². The number of aliphatic carboxylic acids is 1. The van der Waals surface area contributed by atoms with Crippen LogP contribution in [0.15, 0.2) is 48.5 Å². The van der Waals surface area contributed by atoms with Crippen molar-refractivity contribution in [2.45, 2.75) is 45.6 Å². The first kappa shape index (κ1) is 28.6. The van der Waals surface area contributed by atoms with Gasteiger partial charge in [0.25, 0.3) is 0 Å². The monoisotopic (exact) mass is 471 g/mol. The maximum atomic E-state index is 11.9. The molecule has 2 amide bonds. The maximum absolute atomic E-state index is 11.9. The lowest BCUT2D eigenvalue weighted by Crippen LogP contribution is -2.40. The van der Waals surface area contributed by atoms with Crippen LogP contribution in [0.1, 0.15) is 50.7 Å². The number of benzene rings is 2. The number of nitrogens with one attached hydrogen (secondary N) is 2. The molecule has 8 nitrogen and oxygen atoms in total. The van der Waals surface area contributed by atoms with Crippen molar-refractivity contribution >= 4 is 18.0 Å². The molecule has 0 heterocycles. The fourth-order valence-electron chi connectivity index (χ4n) is 3.55. The molecule has 34 heavy (non-hydrogen) atoms. The highest BCUT2D eigenvalue weighted by molar-refractivity contribution is 5.81. The van der Waals surface area contributed by atoms with Gasteiger partial charge >= 0.3 is 12.1 Å². The quantitative estimate of drug-likeness (QED) is 0.487. The van der Waals surface area contributed by atoms with E-state index < -0.39 is 18.1 Å². The van der Waals surface area contributed by atoms with Gasteiger partial charge in [-0.1, -0.05) is 69.3 Å². The zero-order valence-corrected chi connectivity index (χ0v) is 20.6. The molecule has 2 unspecified atom stereocenters. The predicted molar refractivity (Wildman–Crippen MR) is 134 cm³/mol. The average Bonchev–Trinajstić information content (AvgIpc) is 3.20. The van der Waals surface area contributed by atoms with Crippen molar-refractivity contribution in [1.82, 2.24) is 10.6 Å². The molecule has 2 aromatic carbocycles. The normalized spacial score (nSPS) is 12.9. The summed E-state index contributed by atoms with van der Waals surface area (Å²) in [5, 5.41) is 13.9. The predicted octanol–water partition coefficient (Wildman–Crippen LogP) is 3.74. The highest BCUT2D eigenvalue weighted by atomic mass is 16.5. The summed E-state index contributed by atoms with van der Waals surface area (Å²) in [4.78, 5) is 33.5. The summed E-state index contributed by atoms with van der Waals surface area (Å²) < 4.78 is 5.31. The van der Waals surface area contributed by atoms with Crippen LogP contribution in [0.4, 0.5) is 4.79 Å². The second-order valence-electron chi connectivity index (χ2n) is 7.69. The SMILES string of the molecule is CCC(C)C(=O)NC.CCC(NC(=O)OCC1c2ccccc2-c2ccccc21)C(=O)O.CN. The first-order valence-electron chi connectivity index (χ1n) is 11.5. The van der Waals surface area contributed by atoms with Gasteiger partial charge in [0.2, 0.25) is 5.91 Å². The summed E-state index contributed by atoms with van der Waals surface area (Å²) in [6.45, 7) is 5.79. The first-order chi connectivity index (χ1) is 16.3. The van der Waals surface area contributed by atoms with Gasteiger partial charge in [0.05, 0.1) is 0 Å². The van der Waals surface area contributed by atoms with E-state index in [1.165, 1.54) is 7.05 Å². The molecule has 0 spiro atoms. The molecule has 2 aromatic rings. The fraction of sp³-hybridized carbons (Fsp3) is 0.423. The lowest BCUT2D eigenvalue weighted by molar-refractivity contribution is -0.139. The van der Waals surface area contributed by atoms with Gasteiger partial charge in [0, 0.05) is 18.9 Å². The van der Waals surface area contributed by atoms with Crippen molar-refractivity contribution in [3.05, 3.63) is 59.7 Å². The highest BCUT2D eigenvalue weighted by Crippen LogP contribution is 2.44. The van der Waals surface area contributed by atoms with Crippen molar-refractivity contribution in [2.24, 2.45) is 11.7 Å². The number of alkyl carbamates (subject to hydrolysis) is 1. The van der Waals surface area contributed by atoms with Gasteiger partial charge in [-0.15, -0.1) is 0 Å². The van der Waals surface area contributed by atoms with Crippen LogP contribution in [-0.2, 0) is 14.3 Å². The van der Waals surface area contributed by atoms with E-state index in [-0.39, 0.29) is 24.3 Å². The van der Waals surface area contributed by atoms with Gasteiger partial charge in [-0.25, -0.2) is 9.59 Å². The molecular formula is C26H37N3O5. The summed E-state index contributed by atoms with van der Waals surface area (Å²) in [5.74, 6) is -0.799. The molecule has 0 aromatic heterocycles. The van der Waals surface area contributed by atoms with Crippen molar-refractivity contribution in [3.8, 4) is 11.1 Å². The second-order valence-corrected chi connectivity index (χ2v) is 7.69. The van der Waals surface area contributed by atoms with E-state index in [4.69, 9.17) is 9.84 Å². The zero-order chi connectivity index (χ0) is 25.7. The van der Waals surface area contributed by atoms with Gasteiger partial charge in [0.15, 0.2) is 0 Å². The molecule has 0 fully saturated rings. The summed E-state index contributed by atoms with van der Waals surface area (Å²) in [6, 6.07) is 15.2. The molecule has 1 aliphatic carbocycles. The number of rotatable bonds is 7. The molecule has 2 atom stereocenters.